The summed E-state index contributed by atoms with van der Waals surface area (Å²) in [5.41, 5.74) is 1.02. The van der Waals surface area contributed by atoms with Crippen molar-refractivity contribution in [3.8, 4) is 6.07 Å². The van der Waals surface area contributed by atoms with Gasteiger partial charge >= 0.3 is 0 Å². The Kier molecular flexibility index (Phi) is 7.04. The maximum Gasteiger partial charge on any atom is 0.237 e. The zero-order valence-electron chi connectivity index (χ0n) is 18.2. The molecule has 0 aliphatic carbocycles. The molecule has 7 heteroatoms. The number of likely N-dealkylation sites (N-methyl/N-ethyl adjacent to an activating group) is 1. The number of rotatable bonds is 6. The summed E-state index contributed by atoms with van der Waals surface area (Å²) in [7, 11) is 1.65. The summed E-state index contributed by atoms with van der Waals surface area (Å²) in [6, 6.07) is 14.8. The summed E-state index contributed by atoms with van der Waals surface area (Å²) in [5, 5.41) is 9.25. The molecule has 2 aromatic carbocycles. The molecule has 1 saturated heterocycles. The van der Waals surface area contributed by atoms with Crippen molar-refractivity contribution in [3.05, 3.63) is 71.3 Å². The highest BCUT2D eigenvalue weighted by Crippen LogP contribution is 2.30. The lowest BCUT2D eigenvalue weighted by Crippen LogP contribution is -2.53. The van der Waals surface area contributed by atoms with E-state index in [1.807, 2.05) is 0 Å². The zero-order chi connectivity index (χ0) is 22.6. The predicted molar refractivity (Wildman–Crippen MR) is 115 cm³/mol. The molecule has 0 N–H and O–H groups in total. The van der Waals surface area contributed by atoms with E-state index in [-0.39, 0.29) is 30.1 Å². The number of nitriles is 1. The molecule has 0 atom stereocenters. The van der Waals surface area contributed by atoms with Crippen LogP contribution in [0, 0.1) is 23.0 Å². The summed E-state index contributed by atoms with van der Waals surface area (Å²) in [6.45, 7) is 6.48. The van der Waals surface area contributed by atoms with Gasteiger partial charge in [0.25, 0.3) is 0 Å². The zero-order valence-corrected chi connectivity index (χ0v) is 18.2. The van der Waals surface area contributed by atoms with E-state index in [9.17, 15) is 18.8 Å². The molecular weight excluding hydrogens is 398 g/mol. The molecule has 1 amide bonds. The van der Waals surface area contributed by atoms with Gasteiger partial charge in [0, 0.05) is 33.2 Å². The van der Waals surface area contributed by atoms with Gasteiger partial charge in [-0.25, -0.2) is 8.78 Å². The molecule has 164 valence electrons. The molecule has 1 fully saturated rings. The largest absolute Gasteiger partial charge is 0.326 e. The minimum absolute atomic E-state index is 0.0892. The van der Waals surface area contributed by atoms with E-state index in [2.05, 4.69) is 15.9 Å². The maximum atomic E-state index is 13.5. The maximum absolute atomic E-state index is 13.5. The topological polar surface area (TPSA) is 50.6 Å². The third-order valence-corrected chi connectivity index (χ3v) is 5.99. The highest BCUT2D eigenvalue weighted by molar-refractivity contribution is 5.79. The van der Waals surface area contributed by atoms with Crippen molar-refractivity contribution in [1.82, 2.24) is 14.7 Å². The van der Waals surface area contributed by atoms with Gasteiger partial charge in [0.15, 0.2) is 0 Å². The number of halogens is 2. The van der Waals surface area contributed by atoms with E-state index in [0.29, 0.717) is 26.2 Å². The van der Waals surface area contributed by atoms with E-state index in [4.69, 9.17) is 0 Å². The molecule has 0 aromatic heterocycles. The molecule has 1 aliphatic rings. The van der Waals surface area contributed by atoms with Crippen molar-refractivity contribution in [2.24, 2.45) is 0 Å². The minimum Gasteiger partial charge on any atom is -0.326 e. The SMILES string of the molecule is CN(C(=O)CN1CCN(C(c2ccc(F)cc2)c2ccc(F)cc2)CC1)C(C)(C)C#N. The van der Waals surface area contributed by atoms with Crippen LogP contribution in [0.2, 0.25) is 0 Å². The van der Waals surface area contributed by atoms with Crippen LogP contribution >= 0.6 is 0 Å². The standard InChI is InChI=1S/C24H28F2N4O/c1-24(2,17-27)28(3)22(31)16-29-12-14-30(15-13-29)23(18-4-8-20(25)9-5-18)19-6-10-21(26)11-7-19/h4-11,23H,12-16H2,1-3H3. The van der Waals surface area contributed by atoms with Gasteiger partial charge < -0.3 is 4.90 Å². The fourth-order valence-corrected chi connectivity index (χ4v) is 3.77. The Morgan fingerprint density at radius 1 is 1.00 bits per heavy atom. The molecule has 31 heavy (non-hydrogen) atoms. The van der Waals surface area contributed by atoms with Crippen molar-refractivity contribution in [1.29, 1.82) is 5.26 Å². The average molecular weight is 427 g/mol. The molecule has 5 nitrogen and oxygen atoms in total. The molecule has 0 radical (unpaired) electrons. The summed E-state index contributed by atoms with van der Waals surface area (Å²) in [4.78, 5) is 18.4. The molecule has 0 saturated carbocycles. The van der Waals surface area contributed by atoms with Crippen molar-refractivity contribution >= 4 is 5.91 Å². The Bertz CT molecular complexity index is 884. The van der Waals surface area contributed by atoms with Crippen LogP contribution < -0.4 is 0 Å². The summed E-state index contributed by atoms with van der Waals surface area (Å²) < 4.78 is 26.9. The van der Waals surface area contributed by atoms with Gasteiger partial charge in [-0.1, -0.05) is 24.3 Å². The van der Waals surface area contributed by atoms with Crippen LogP contribution in [0.25, 0.3) is 0 Å². The number of hydrogen-bond donors (Lipinski definition) is 0. The first-order valence-corrected chi connectivity index (χ1v) is 10.4. The third-order valence-electron chi connectivity index (χ3n) is 5.99. The van der Waals surface area contributed by atoms with Crippen molar-refractivity contribution < 1.29 is 13.6 Å². The fourth-order valence-electron chi connectivity index (χ4n) is 3.77. The normalized spacial score (nSPS) is 15.6. The predicted octanol–water partition coefficient (Wildman–Crippen LogP) is 3.43. The van der Waals surface area contributed by atoms with Crippen molar-refractivity contribution in [3.63, 3.8) is 0 Å². The molecule has 2 aromatic rings. The molecule has 1 aliphatic heterocycles. The van der Waals surface area contributed by atoms with E-state index < -0.39 is 5.54 Å². The molecule has 3 rings (SSSR count). The first-order valence-electron chi connectivity index (χ1n) is 10.4. The number of nitrogens with zero attached hydrogens (tertiary/aromatic N) is 4. The minimum atomic E-state index is -0.852. The lowest BCUT2D eigenvalue weighted by Gasteiger charge is -2.40. The van der Waals surface area contributed by atoms with Gasteiger partial charge in [0.1, 0.15) is 17.2 Å². The fraction of sp³-hybridized carbons (Fsp3) is 0.417. The second-order valence-electron chi connectivity index (χ2n) is 8.44. The number of amides is 1. The van der Waals surface area contributed by atoms with Gasteiger partial charge in [0.05, 0.1) is 18.7 Å². The Hall–Kier alpha value is -2.82. The van der Waals surface area contributed by atoms with Crippen LogP contribution in [0.3, 0.4) is 0 Å². The van der Waals surface area contributed by atoms with E-state index in [0.717, 1.165) is 11.1 Å². The number of benzene rings is 2. The van der Waals surface area contributed by atoms with E-state index in [1.165, 1.54) is 29.2 Å². The smallest absolute Gasteiger partial charge is 0.237 e. The van der Waals surface area contributed by atoms with E-state index >= 15 is 0 Å². The van der Waals surface area contributed by atoms with Crippen LogP contribution in [0.4, 0.5) is 8.78 Å². The Morgan fingerprint density at radius 2 is 1.45 bits per heavy atom. The van der Waals surface area contributed by atoms with Gasteiger partial charge in [-0.3, -0.25) is 14.6 Å². The highest BCUT2D eigenvalue weighted by Gasteiger charge is 2.31. The lowest BCUT2D eigenvalue weighted by atomic mass is 9.96. The van der Waals surface area contributed by atoms with Gasteiger partial charge in [-0.15, -0.1) is 0 Å². The average Bonchev–Trinajstić information content (AvgIpc) is 2.77. The van der Waals surface area contributed by atoms with Crippen molar-refractivity contribution in [2.75, 3.05) is 39.8 Å². The van der Waals surface area contributed by atoms with Gasteiger partial charge in [0.2, 0.25) is 5.91 Å². The monoisotopic (exact) mass is 426 g/mol. The molecule has 0 unspecified atom stereocenters. The van der Waals surface area contributed by atoms with E-state index in [1.54, 1.807) is 45.2 Å². The van der Waals surface area contributed by atoms with Gasteiger partial charge in [-0.05, 0) is 49.2 Å². The van der Waals surface area contributed by atoms with Crippen LogP contribution in [-0.4, -0.2) is 65.9 Å². The van der Waals surface area contributed by atoms with Crippen molar-refractivity contribution in [2.45, 2.75) is 25.4 Å². The highest BCUT2D eigenvalue weighted by atomic mass is 19.1. The number of piperazine rings is 1. The number of carbonyl (C=O) groups excluding carboxylic acids is 1. The quantitative estimate of drug-likeness (QED) is 0.710. The first kappa shape index (κ1) is 22.9. The second kappa shape index (κ2) is 9.54. The first-order chi connectivity index (χ1) is 14.7. The van der Waals surface area contributed by atoms with Crippen LogP contribution in [0.5, 0.6) is 0 Å². The number of carbonyl (C=O) groups is 1. The number of hydrogen-bond acceptors (Lipinski definition) is 4. The van der Waals surface area contributed by atoms with Gasteiger partial charge in [-0.2, -0.15) is 5.26 Å². The molecule has 0 bridgehead atoms. The third kappa shape index (κ3) is 5.46. The molecule has 1 heterocycles. The van der Waals surface area contributed by atoms with Crippen LogP contribution in [-0.2, 0) is 4.79 Å². The summed E-state index contributed by atoms with van der Waals surface area (Å²) in [5.74, 6) is -0.683. The summed E-state index contributed by atoms with van der Waals surface area (Å²) >= 11 is 0. The Labute approximate surface area is 182 Å². The summed E-state index contributed by atoms with van der Waals surface area (Å²) in [6.07, 6.45) is 0. The second-order valence-corrected chi connectivity index (χ2v) is 8.44. The molecule has 0 spiro atoms. The van der Waals surface area contributed by atoms with Crippen LogP contribution in [0.1, 0.15) is 31.0 Å². The lowest BCUT2D eigenvalue weighted by molar-refractivity contribution is -0.134. The Balaban J connectivity index is 1.71. The Morgan fingerprint density at radius 3 is 1.87 bits per heavy atom. The van der Waals surface area contributed by atoms with Crippen LogP contribution in [0.15, 0.2) is 48.5 Å². The molecular formula is C24H28F2N4O.